The minimum absolute atomic E-state index is 0.0383. The Morgan fingerprint density at radius 3 is 3.05 bits per heavy atom. The highest BCUT2D eigenvalue weighted by molar-refractivity contribution is 5.89. The molecule has 0 unspecified atom stereocenters. The first kappa shape index (κ1) is 16.2. The second-order valence-electron chi connectivity index (χ2n) is 5.54. The Labute approximate surface area is 129 Å². The van der Waals surface area contributed by atoms with E-state index in [0.29, 0.717) is 18.2 Å². The molecule has 7 heteroatoms. The quantitative estimate of drug-likeness (QED) is 0.646. The fourth-order valence-corrected chi connectivity index (χ4v) is 2.71. The van der Waals surface area contributed by atoms with Crippen molar-refractivity contribution in [3.63, 3.8) is 0 Å². The van der Waals surface area contributed by atoms with E-state index in [1.165, 1.54) is 12.1 Å². The molecule has 0 spiro atoms. The van der Waals surface area contributed by atoms with Crippen LogP contribution in [0.3, 0.4) is 0 Å². The molecule has 0 saturated carbocycles. The summed E-state index contributed by atoms with van der Waals surface area (Å²) in [5.41, 5.74) is 0.384. The summed E-state index contributed by atoms with van der Waals surface area (Å²) >= 11 is 0. The zero-order valence-electron chi connectivity index (χ0n) is 12.7. The monoisotopic (exact) mass is 306 g/mol. The molecule has 1 aliphatic heterocycles. The number of carbonyl (C=O) groups excluding carboxylic acids is 1. The van der Waals surface area contributed by atoms with Crippen LogP contribution in [0.4, 0.5) is 16.2 Å². The van der Waals surface area contributed by atoms with Crippen LogP contribution >= 0.6 is 0 Å². The van der Waals surface area contributed by atoms with E-state index in [2.05, 4.69) is 22.5 Å². The largest absolute Gasteiger partial charge is 0.338 e. The fourth-order valence-electron chi connectivity index (χ4n) is 2.71. The Morgan fingerprint density at radius 1 is 1.50 bits per heavy atom. The Kier molecular flexibility index (Phi) is 5.71. The van der Waals surface area contributed by atoms with Gasteiger partial charge in [-0.25, -0.2) is 4.79 Å². The number of piperidine rings is 1. The molecule has 1 fully saturated rings. The molecule has 0 bridgehead atoms. The molecule has 0 aliphatic carbocycles. The number of hydrogen-bond acceptors (Lipinski definition) is 4. The topological polar surface area (TPSA) is 87.5 Å². The molecule has 1 aliphatic rings. The van der Waals surface area contributed by atoms with Gasteiger partial charge in [0.05, 0.1) is 4.92 Å². The average Bonchev–Trinajstić information content (AvgIpc) is 2.53. The Hall–Kier alpha value is -2.15. The molecule has 2 N–H and O–H groups in total. The summed E-state index contributed by atoms with van der Waals surface area (Å²) in [6, 6.07) is 5.60. The number of rotatable bonds is 5. The molecule has 0 aromatic heterocycles. The minimum Gasteiger partial charge on any atom is -0.338 e. The predicted octanol–water partition coefficient (Wildman–Crippen LogP) is 2.45. The van der Waals surface area contributed by atoms with Crippen LogP contribution in [-0.4, -0.2) is 42.0 Å². The smallest absolute Gasteiger partial charge is 0.319 e. The zero-order valence-corrected chi connectivity index (χ0v) is 12.7. The first-order valence-electron chi connectivity index (χ1n) is 7.60. The number of non-ortho nitro benzene ring substituents is 1. The van der Waals surface area contributed by atoms with E-state index in [1.54, 1.807) is 12.1 Å². The van der Waals surface area contributed by atoms with E-state index < -0.39 is 4.92 Å². The molecule has 22 heavy (non-hydrogen) atoms. The van der Waals surface area contributed by atoms with Gasteiger partial charge in [-0.2, -0.15) is 0 Å². The third-order valence-corrected chi connectivity index (χ3v) is 3.92. The molecule has 120 valence electrons. The molecular weight excluding hydrogens is 284 g/mol. The fraction of sp³-hybridized carbons (Fsp3) is 0.533. The number of urea groups is 1. The van der Waals surface area contributed by atoms with Crippen molar-refractivity contribution < 1.29 is 9.72 Å². The predicted molar refractivity (Wildman–Crippen MR) is 85.0 cm³/mol. The van der Waals surface area contributed by atoms with Crippen LogP contribution in [-0.2, 0) is 0 Å². The summed E-state index contributed by atoms with van der Waals surface area (Å²) in [6.45, 7) is 5.94. The number of likely N-dealkylation sites (tertiary alicyclic amines) is 1. The van der Waals surface area contributed by atoms with E-state index in [9.17, 15) is 14.9 Å². The first-order chi connectivity index (χ1) is 10.6. The molecule has 2 rings (SSSR count). The highest BCUT2D eigenvalue weighted by Crippen LogP contribution is 2.17. The van der Waals surface area contributed by atoms with Gasteiger partial charge in [-0.3, -0.25) is 10.1 Å². The lowest BCUT2D eigenvalue weighted by Crippen LogP contribution is -2.41. The highest BCUT2D eigenvalue weighted by Gasteiger charge is 2.19. The number of nitro benzene ring substituents is 1. The molecule has 1 aromatic carbocycles. The lowest BCUT2D eigenvalue weighted by Gasteiger charge is -2.31. The number of benzene rings is 1. The van der Waals surface area contributed by atoms with Crippen molar-refractivity contribution in [1.82, 2.24) is 10.2 Å². The van der Waals surface area contributed by atoms with E-state index >= 15 is 0 Å². The molecule has 2 amide bonds. The first-order valence-corrected chi connectivity index (χ1v) is 7.60. The van der Waals surface area contributed by atoms with Gasteiger partial charge in [-0.15, -0.1) is 0 Å². The van der Waals surface area contributed by atoms with Gasteiger partial charge in [0.2, 0.25) is 0 Å². The number of nitrogens with zero attached hydrogens (tertiary/aromatic N) is 2. The Morgan fingerprint density at radius 2 is 2.32 bits per heavy atom. The van der Waals surface area contributed by atoms with Crippen molar-refractivity contribution in [2.75, 3.05) is 31.5 Å². The second kappa shape index (κ2) is 7.74. The van der Waals surface area contributed by atoms with Gasteiger partial charge in [-0.05, 0) is 37.9 Å². The number of carbonyl (C=O) groups is 1. The van der Waals surface area contributed by atoms with E-state index in [1.807, 2.05) is 0 Å². The Bertz CT molecular complexity index is 535. The van der Waals surface area contributed by atoms with E-state index in [4.69, 9.17) is 0 Å². The van der Waals surface area contributed by atoms with Crippen molar-refractivity contribution >= 4 is 17.4 Å². The van der Waals surface area contributed by atoms with Gasteiger partial charge < -0.3 is 15.5 Å². The highest BCUT2D eigenvalue weighted by atomic mass is 16.6. The van der Waals surface area contributed by atoms with Gasteiger partial charge in [0.1, 0.15) is 0 Å². The standard InChI is InChI=1S/C15H22N4O3/c1-2-18-8-4-5-12(11-18)10-16-15(20)17-13-6-3-7-14(9-13)19(21)22/h3,6-7,9,12H,2,4-5,8,10-11H2,1H3,(H2,16,17,20)/t12-/m0/s1. The van der Waals surface area contributed by atoms with Crippen molar-refractivity contribution in [2.45, 2.75) is 19.8 Å². The molecule has 1 heterocycles. The van der Waals surface area contributed by atoms with E-state index in [-0.39, 0.29) is 11.7 Å². The third-order valence-electron chi connectivity index (χ3n) is 3.92. The van der Waals surface area contributed by atoms with Crippen LogP contribution in [0, 0.1) is 16.0 Å². The van der Waals surface area contributed by atoms with Gasteiger partial charge in [0.25, 0.3) is 5.69 Å². The van der Waals surface area contributed by atoms with Gasteiger partial charge in [0.15, 0.2) is 0 Å². The lowest BCUT2D eigenvalue weighted by molar-refractivity contribution is -0.384. The minimum atomic E-state index is -0.482. The zero-order chi connectivity index (χ0) is 15.9. The van der Waals surface area contributed by atoms with E-state index in [0.717, 1.165) is 32.5 Å². The lowest BCUT2D eigenvalue weighted by atomic mass is 9.98. The number of nitro groups is 1. The summed E-state index contributed by atoms with van der Waals surface area (Å²) in [6.07, 6.45) is 2.28. The third kappa shape index (κ3) is 4.70. The summed E-state index contributed by atoms with van der Waals surface area (Å²) in [7, 11) is 0. The maximum Gasteiger partial charge on any atom is 0.319 e. The van der Waals surface area contributed by atoms with Crippen LogP contribution < -0.4 is 10.6 Å². The number of amides is 2. The number of anilines is 1. The van der Waals surface area contributed by atoms with Crippen molar-refractivity contribution in [2.24, 2.45) is 5.92 Å². The Balaban J connectivity index is 1.80. The molecule has 7 nitrogen and oxygen atoms in total. The number of hydrogen-bond donors (Lipinski definition) is 2. The second-order valence-corrected chi connectivity index (χ2v) is 5.54. The van der Waals surface area contributed by atoms with Crippen LogP contribution in [0.25, 0.3) is 0 Å². The van der Waals surface area contributed by atoms with Gasteiger partial charge in [-0.1, -0.05) is 13.0 Å². The van der Waals surface area contributed by atoms with Crippen molar-refractivity contribution in [3.8, 4) is 0 Å². The molecule has 0 radical (unpaired) electrons. The number of nitrogens with one attached hydrogen (secondary N) is 2. The molecular formula is C15H22N4O3. The summed E-state index contributed by atoms with van der Waals surface area (Å²) < 4.78 is 0. The summed E-state index contributed by atoms with van der Waals surface area (Å²) in [5, 5.41) is 16.2. The van der Waals surface area contributed by atoms with Crippen LogP contribution in [0.5, 0.6) is 0 Å². The van der Waals surface area contributed by atoms with Crippen molar-refractivity contribution in [3.05, 3.63) is 34.4 Å². The maximum atomic E-state index is 11.9. The summed E-state index contributed by atoms with van der Waals surface area (Å²) in [4.78, 5) is 24.5. The maximum absolute atomic E-state index is 11.9. The van der Waals surface area contributed by atoms with Gasteiger partial charge >= 0.3 is 6.03 Å². The van der Waals surface area contributed by atoms with Crippen LogP contribution in [0.2, 0.25) is 0 Å². The van der Waals surface area contributed by atoms with Crippen LogP contribution in [0.1, 0.15) is 19.8 Å². The molecule has 1 atom stereocenters. The van der Waals surface area contributed by atoms with Gasteiger partial charge in [0, 0.05) is 30.9 Å². The SMILES string of the molecule is CCN1CCC[C@@H](CNC(=O)Nc2cccc([N+](=O)[O-])c2)C1. The normalized spacial score (nSPS) is 18.7. The summed E-state index contributed by atoms with van der Waals surface area (Å²) in [5.74, 6) is 0.463. The van der Waals surface area contributed by atoms with Crippen molar-refractivity contribution in [1.29, 1.82) is 0 Å². The molecule has 1 aromatic rings. The van der Waals surface area contributed by atoms with Crippen LogP contribution in [0.15, 0.2) is 24.3 Å². The molecule has 1 saturated heterocycles. The average molecular weight is 306 g/mol.